The minimum Gasteiger partial charge on any atom is -0.507 e. The van der Waals surface area contributed by atoms with Gasteiger partial charge in [0.1, 0.15) is 5.76 Å². The average Bonchev–Trinajstić information content (AvgIpc) is 3.29. The quantitative estimate of drug-likeness (QED) is 0.267. The molecule has 2 N–H and O–H groups in total. The molecule has 1 aromatic carbocycles. The third-order valence-electron chi connectivity index (χ3n) is 5.63. The molecule has 1 saturated heterocycles. The van der Waals surface area contributed by atoms with E-state index in [1.807, 2.05) is 0 Å². The van der Waals surface area contributed by atoms with Crippen molar-refractivity contribution >= 4 is 23.4 Å². The van der Waals surface area contributed by atoms with E-state index in [0.717, 1.165) is 5.56 Å². The Morgan fingerprint density at radius 3 is 2.48 bits per heavy atom. The van der Waals surface area contributed by atoms with Gasteiger partial charge in [-0.15, -0.1) is 0 Å². The first-order valence-corrected chi connectivity index (χ1v) is 10.2. The Morgan fingerprint density at radius 1 is 1.18 bits per heavy atom. The molecule has 0 spiro atoms. The highest BCUT2D eigenvalue weighted by Crippen LogP contribution is 2.41. The number of Topliss-reactive ketones (excluding diaryl/α,β-unsaturated/α-hetero) is 1. The van der Waals surface area contributed by atoms with E-state index in [-0.39, 0.29) is 17.9 Å². The van der Waals surface area contributed by atoms with Crippen molar-refractivity contribution in [3.63, 3.8) is 0 Å². The van der Waals surface area contributed by atoms with Gasteiger partial charge in [-0.1, -0.05) is 18.2 Å². The van der Waals surface area contributed by atoms with Gasteiger partial charge >= 0.3 is 5.97 Å². The zero-order valence-corrected chi connectivity index (χ0v) is 18.3. The summed E-state index contributed by atoms with van der Waals surface area (Å²) < 4.78 is 4.75. The van der Waals surface area contributed by atoms with Crippen molar-refractivity contribution in [3.8, 4) is 0 Å². The van der Waals surface area contributed by atoms with E-state index in [1.54, 1.807) is 62.6 Å². The summed E-state index contributed by atoms with van der Waals surface area (Å²) in [5, 5.41) is 18.1. The number of aliphatic hydroxyl groups is 1. The number of methoxy groups -OCH3 is 1. The van der Waals surface area contributed by atoms with E-state index < -0.39 is 23.7 Å². The smallest absolute Gasteiger partial charge is 0.337 e. The second kappa shape index (κ2) is 8.70. The van der Waals surface area contributed by atoms with Crippen molar-refractivity contribution in [1.29, 1.82) is 0 Å². The molecule has 0 radical (unpaired) electrons. The number of amides is 1. The lowest BCUT2D eigenvalue weighted by Gasteiger charge is -2.25. The summed E-state index contributed by atoms with van der Waals surface area (Å²) in [5.74, 6) is -2.33. The third kappa shape index (κ3) is 3.89. The average molecular weight is 446 g/mol. The van der Waals surface area contributed by atoms with E-state index in [4.69, 9.17) is 4.74 Å². The number of H-pyrrole nitrogens is 1. The molecule has 1 atom stereocenters. The number of aryl methyl sites for hydroxylation is 2. The molecular formula is C24H22N4O5. The molecule has 9 nitrogen and oxygen atoms in total. The molecule has 9 heteroatoms. The molecule has 0 aliphatic carbocycles. The van der Waals surface area contributed by atoms with Gasteiger partial charge in [-0.05, 0) is 43.2 Å². The summed E-state index contributed by atoms with van der Waals surface area (Å²) in [4.78, 5) is 43.5. The first-order valence-electron chi connectivity index (χ1n) is 10.2. The van der Waals surface area contributed by atoms with Gasteiger partial charge in [0.05, 0.1) is 35.5 Å². The van der Waals surface area contributed by atoms with Crippen LogP contribution in [-0.2, 0) is 20.9 Å². The molecule has 1 aliphatic rings. The Labute approximate surface area is 189 Å². The molecular weight excluding hydrogens is 424 g/mol. The van der Waals surface area contributed by atoms with Gasteiger partial charge in [0.2, 0.25) is 0 Å². The molecule has 3 heterocycles. The van der Waals surface area contributed by atoms with Crippen LogP contribution >= 0.6 is 0 Å². The lowest BCUT2D eigenvalue weighted by Crippen LogP contribution is -2.29. The molecule has 0 saturated carbocycles. The number of pyridine rings is 1. The van der Waals surface area contributed by atoms with Crippen LogP contribution in [0.5, 0.6) is 0 Å². The second-order valence-electron chi connectivity index (χ2n) is 7.71. The standard InChI is InChI=1S/C24H22N4O5/c1-13-18(14(2)27-26-13)21(29)19-20(16-6-8-17(9-7-16)24(32)33-3)28(23(31)22(19)30)12-15-5-4-10-25-11-15/h4-11,20,29H,12H2,1-3H3,(H,26,27)/t20-/m0/s1. The highest BCUT2D eigenvalue weighted by Gasteiger charge is 2.46. The summed E-state index contributed by atoms with van der Waals surface area (Å²) >= 11 is 0. The number of carbonyl (C=O) groups is 3. The molecule has 33 heavy (non-hydrogen) atoms. The van der Waals surface area contributed by atoms with Gasteiger partial charge < -0.3 is 14.7 Å². The molecule has 2 aromatic heterocycles. The molecule has 168 valence electrons. The summed E-state index contributed by atoms with van der Waals surface area (Å²) in [5.41, 5.74) is 3.03. The minimum absolute atomic E-state index is 0.0395. The Kier molecular flexibility index (Phi) is 5.78. The van der Waals surface area contributed by atoms with Gasteiger partial charge in [-0.3, -0.25) is 19.7 Å². The van der Waals surface area contributed by atoms with Gasteiger partial charge in [-0.2, -0.15) is 5.10 Å². The number of benzene rings is 1. The normalized spacial score (nSPS) is 17.4. The van der Waals surface area contributed by atoms with Crippen molar-refractivity contribution in [3.05, 3.63) is 88.0 Å². The van der Waals surface area contributed by atoms with Crippen molar-refractivity contribution in [1.82, 2.24) is 20.1 Å². The highest BCUT2D eigenvalue weighted by molar-refractivity contribution is 6.46. The van der Waals surface area contributed by atoms with Gasteiger partial charge in [0, 0.05) is 24.6 Å². The highest BCUT2D eigenvalue weighted by atomic mass is 16.5. The number of hydrogen-bond acceptors (Lipinski definition) is 7. The number of nitrogens with zero attached hydrogens (tertiary/aromatic N) is 3. The van der Waals surface area contributed by atoms with Gasteiger partial charge in [-0.25, -0.2) is 4.79 Å². The number of aromatic nitrogens is 3. The van der Waals surface area contributed by atoms with E-state index in [0.29, 0.717) is 28.1 Å². The number of esters is 1. The number of rotatable bonds is 5. The SMILES string of the molecule is COC(=O)c1ccc([C@H]2C(=C(O)c3c(C)n[nH]c3C)C(=O)C(=O)N2Cc2cccnc2)cc1. The summed E-state index contributed by atoms with van der Waals surface area (Å²) in [7, 11) is 1.29. The van der Waals surface area contributed by atoms with E-state index >= 15 is 0 Å². The van der Waals surface area contributed by atoms with Crippen LogP contribution < -0.4 is 0 Å². The first kappa shape index (κ1) is 21.9. The van der Waals surface area contributed by atoms with Gasteiger partial charge in [0.15, 0.2) is 0 Å². The fraction of sp³-hybridized carbons (Fsp3) is 0.208. The van der Waals surface area contributed by atoms with Crippen molar-refractivity contribution < 1.29 is 24.2 Å². The van der Waals surface area contributed by atoms with Crippen LogP contribution in [0.3, 0.4) is 0 Å². The van der Waals surface area contributed by atoms with E-state index in [9.17, 15) is 19.5 Å². The molecule has 1 fully saturated rings. The Balaban J connectivity index is 1.87. The Morgan fingerprint density at radius 2 is 1.91 bits per heavy atom. The Bertz CT molecular complexity index is 1240. The van der Waals surface area contributed by atoms with Crippen molar-refractivity contribution in [2.24, 2.45) is 0 Å². The van der Waals surface area contributed by atoms with Crippen LogP contribution in [-0.4, -0.2) is 50.0 Å². The largest absolute Gasteiger partial charge is 0.507 e. The molecule has 4 rings (SSSR count). The number of carbonyl (C=O) groups excluding carboxylic acids is 3. The lowest BCUT2D eigenvalue weighted by atomic mass is 9.94. The van der Waals surface area contributed by atoms with Crippen LogP contribution in [0.2, 0.25) is 0 Å². The van der Waals surface area contributed by atoms with E-state index in [2.05, 4.69) is 15.2 Å². The predicted octanol–water partition coefficient (Wildman–Crippen LogP) is 2.83. The Hall–Kier alpha value is -4.27. The number of hydrogen-bond donors (Lipinski definition) is 2. The summed E-state index contributed by atoms with van der Waals surface area (Å²) in [6.45, 7) is 3.54. The topological polar surface area (TPSA) is 125 Å². The minimum atomic E-state index is -0.870. The number of aliphatic hydroxyl groups excluding tert-OH is 1. The first-order chi connectivity index (χ1) is 15.8. The molecule has 1 aliphatic heterocycles. The number of ether oxygens (including phenoxy) is 1. The van der Waals surface area contributed by atoms with Gasteiger partial charge in [0.25, 0.3) is 11.7 Å². The zero-order valence-electron chi connectivity index (χ0n) is 18.3. The number of likely N-dealkylation sites (tertiary alicyclic amines) is 1. The number of aromatic amines is 1. The monoisotopic (exact) mass is 446 g/mol. The maximum Gasteiger partial charge on any atom is 0.337 e. The molecule has 0 bridgehead atoms. The van der Waals surface area contributed by atoms with Crippen LogP contribution in [0.4, 0.5) is 0 Å². The maximum absolute atomic E-state index is 13.1. The molecule has 3 aromatic rings. The number of nitrogens with one attached hydrogen (secondary N) is 1. The van der Waals surface area contributed by atoms with Crippen LogP contribution in [0.15, 0.2) is 54.4 Å². The fourth-order valence-corrected chi connectivity index (χ4v) is 4.03. The maximum atomic E-state index is 13.1. The summed E-state index contributed by atoms with van der Waals surface area (Å²) in [6, 6.07) is 9.06. The van der Waals surface area contributed by atoms with E-state index in [1.165, 1.54) is 12.0 Å². The lowest BCUT2D eigenvalue weighted by molar-refractivity contribution is -0.140. The third-order valence-corrected chi connectivity index (χ3v) is 5.63. The summed E-state index contributed by atoms with van der Waals surface area (Å²) in [6.07, 6.45) is 3.23. The van der Waals surface area contributed by atoms with Crippen molar-refractivity contribution in [2.75, 3.05) is 7.11 Å². The van der Waals surface area contributed by atoms with Crippen LogP contribution in [0.1, 0.15) is 44.5 Å². The second-order valence-corrected chi connectivity index (χ2v) is 7.71. The molecule has 0 unspecified atom stereocenters. The fourth-order valence-electron chi connectivity index (χ4n) is 4.03. The van der Waals surface area contributed by atoms with Crippen LogP contribution in [0, 0.1) is 13.8 Å². The zero-order chi connectivity index (χ0) is 23.7. The van der Waals surface area contributed by atoms with Crippen LogP contribution in [0.25, 0.3) is 5.76 Å². The number of ketones is 1. The predicted molar refractivity (Wildman–Crippen MR) is 118 cm³/mol. The van der Waals surface area contributed by atoms with Crippen molar-refractivity contribution in [2.45, 2.75) is 26.4 Å². The molecule has 1 amide bonds.